The lowest BCUT2D eigenvalue weighted by Crippen LogP contribution is -1.88. The lowest BCUT2D eigenvalue weighted by Gasteiger charge is -1.87. The van der Waals surface area contributed by atoms with Crippen LogP contribution in [-0.4, -0.2) is 10.2 Å². The highest BCUT2D eigenvalue weighted by atomic mass is 79.9. The number of H-pyrrole nitrogens is 1. The fraction of sp³-hybridized carbons (Fsp3) is 0. The predicted molar refractivity (Wildman–Crippen MR) is 56.2 cm³/mol. The van der Waals surface area contributed by atoms with Crippen LogP contribution in [0.4, 0.5) is 0 Å². The number of hydrogen-bond acceptors (Lipinski definition) is 1. The maximum Gasteiger partial charge on any atom is 0.269 e. The quantitative estimate of drug-likeness (QED) is 0.782. The lowest BCUT2D eigenvalue weighted by atomic mass is 10.2. The topological polar surface area (TPSA) is 32.9 Å². The van der Waals surface area contributed by atoms with Crippen LogP contribution in [0.5, 0.6) is 0 Å². The molecule has 4 heteroatoms. The van der Waals surface area contributed by atoms with E-state index < -0.39 is 5.24 Å². The standard InChI is InChI=1S/C9H5BrClNO/c10-7-5-3-1-2-4-6(5)12-8(7)9(11)13/h1-4,12H. The van der Waals surface area contributed by atoms with E-state index in [-0.39, 0.29) is 0 Å². The number of fused-ring (bicyclic) bond motifs is 1. The van der Waals surface area contributed by atoms with Gasteiger partial charge in [-0.15, -0.1) is 0 Å². The molecule has 0 aliphatic carbocycles. The highest BCUT2D eigenvalue weighted by molar-refractivity contribution is 9.10. The van der Waals surface area contributed by atoms with E-state index in [9.17, 15) is 4.79 Å². The van der Waals surface area contributed by atoms with Crippen molar-refractivity contribution in [2.45, 2.75) is 0 Å². The van der Waals surface area contributed by atoms with Gasteiger partial charge in [0.1, 0.15) is 5.69 Å². The Morgan fingerprint density at radius 1 is 1.38 bits per heavy atom. The van der Waals surface area contributed by atoms with Crippen LogP contribution in [0, 0.1) is 0 Å². The van der Waals surface area contributed by atoms with Crippen LogP contribution < -0.4 is 0 Å². The molecule has 0 aliphatic heterocycles. The summed E-state index contributed by atoms with van der Waals surface area (Å²) in [5.41, 5.74) is 1.31. The highest BCUT2D eigenvalue weighted by Gasteiger charge is 2.12. The Labute approximate surface area is 88.0 Å². The lowest BCUT2D eigenvalue weighted by molar-refractivity contribution is 0.107. The van der Waals surface area contributed by atoms with Gasteiger partial charge in [-0.2, -0.15) is 0 Å². The van der Waals surface area contributed by atoms with Crippen LogP contribution in [-0.2, 0) is 0 Å². The summed E-state index contributed by atoms with van der Waals surface area (Å²) in [7, 11) is 0. The number of halogens is 2. The normalized spacial score (nSPS) is 10.6. The molecule has 0 spiro atoms. The first-order chi connectivity index (χ1) is 6.20. The molecule has 0 unspecified atom stereocenters. The van der Waals surface area contributed by atoms with Crippen molar-refractivity contribution in [3.8, 4) is 0 Å². The van der Waals surface area contributed by atoms with Gasteiger partial charge in [0, 0.05) is 10.9 Å². The zero-order valence-electron chi connectivity index (χ0n) is 6.47. The number of aromatic nitrogens is 1. The SMILES string of the molecule is O=C(Cl)c1[nH]c2ccccc2c1Br. The second-order valence-corrected chi connectivity index (χ2v) is 3.77. The summed E-state index contributed by atoms with van der Waals surface area (Å²) >= 11 is 8.70. The summed E-state index contributed by atoms with van der Waals surface area (Å²) in [6.07, 6.45) is 0. The van der Waals surface area contributed by atoms with Crippen molar-refractivity contribution in [3.63, 3.8) is 0 Å². The molecule has 0 bridgehead atoms. The van der Waals surface area contributed by atoms with Gasteiger partial charge in [-0.05, 0) is 33.6 Å². The number of nitrogens with one attached hydrogen (secondary N) is 1. The minimum Gasteiger partial charge on any atom is -0.350 e. The molecule has 0 aliphatic rings. The second-order valence-electron chi connectivity index (χ2n) is 2.63. The minimum atomic E-state index is -0.483. The maximum atomic E-state index is 10.9. The molecule has 1 heterocycles. The average molecular weight is 259 g/mol. The van der Waals surface area contributed by atoms with Crippen LogP contribution in [0.15, 0.2) is 28.7 Å². The van der Waals surface area contributed by atoms with Gasteiger partial charge in [-0.3, -0.25) is 4.79 Å². The number of carbonyl (C=O) groups excluding carboxylic acids is 1. The fourth-order valence-electron chi connectivity index (χ4n) is 1.24. The molecule has 0 fully saturated rings. The van der Waals surface area contributed by atoms with Crippen molar-refractivity contribution in [3.05, 3.63) is 34.4 Å². The second kappa shape index (κ2) is 3.16. The van der Waals surface area contributed by atoms with E-state index in [2.05, 4.69) is 20.9 Å². The van der Waals surface area contributed by atoms with Gasteiger partial charge in [-0.1, -0.05) is 18.2 Å². The molecular weight excluding hydrogens is 253 g/mol. The fourth-order valence-corrected chi connectivity index (χ4v) is 2.12. The molecule has 2 aromatic rings. The van der Waals surface area contributed by atoms with Crippen molar-refractivity contribution in [1.29, 1.82) is 0 Å². The molecule has 0 saturated carbocycles. The maximum absolute atomic E-state index is 10.9. The molecule has 1 aromatic heterocycles. The van der Waals surface area contributed by atoms with E-state index in [1.54, 1.807) is 0 Å². The van der Waals surface area contributed by atoms with Crippen LogP contribution >= 0.6 is 27.5 Å². The van der Waals surface area contributed by atoms with Crippen LogP contribution in [0.1, 0.15) is 10.5 Å². The number of rotatable bonds is 1. The summed E-state index contributed by atoms with van der Waals surface area (Å²) < 4.78 is 0.725. The van der Waals surface area contributed by atoms with Crippen molar-refractivity contribution in [2.75, 3.05) is 0 Å². The highest BCUT2D eigenvalue weighted by Crippen LogP contribution is 2.28. The van der Waals surface area contributed by atoms with Gasteiger partial charge < -0.3 is 4.98 Å². The van der Waals surface area contributed by atoms with E-state index in [0.29, 0.717) is 5.69 Å². The monoisotopic (exact) mass is 257 g/mol. The Hall–Kier alpha value is -0.800. The van der Waals surface area contributed by atoms with E-state index in [4.69, 9.17) is 11.6 Å². The first-order valence-electron chi connectivity index (χ1n) is 3.66. The van der Waals surface area contributed by atoms with Crippen molar-refractivity contribution >= 4 is 43.7 Å². The number of carbonyl (C=O) groups is 1. The molecule has 1 N–H and O–H groups in total. The molecule has 66 valence electrons. The zero-order valence-corrected chi connectivity index (χ0v) is 8.82. The molecule has 13 heavy (non-hydrogen) atoms. The molecule has 2 rings (SSSR count). The van der Waals surface area contributed by atoms with Gasteiger partial charge in [-0.25, -0.2) is 0 Å². The molecule has 1 aromatic carbocycles. The van der Waals surface area contributed by atoms with Gasteiger partial charge in [0.25, 0.3) is 5.24 Å². The third kappa shape index (κ3) is 1.38. The molecular formula is C9H5BrClNO. The molecule has 2 nitrogen and oxygen atoms in total. The number of benzene rings is 1. The smallest absolute Gasteiger partial charge is 0.269 e. The third-order valence-electron chi connectivity index (χ3n) is 1.84. The number of aromatic amines is 1. The average Bonchev–Trinajstić information content (AvgIpc) is 2.45. The van der Waals surface area contributed by atoms with Gasteiger partial charge in [0.05, 0.1) is 4.47 Å². The van der Waals surface area contributed by atoms with Crippen molar-refractivity contribution < 1.29 is 4.79 Å². The Kier molecular flexibility index (Phi) is 2.14. The van der Waals surface area contributed by atoms with E-state index in [1.807, 2.05) is 24.3 Å². The van der Waals surface area contributed by atoms with Gasteiger partial charge in [0.2, 0.25) is 0 Å². The number of para-hydroxylation sites is 1. The molecule has 0 radical (unpaired) electrons. The first-order valence-corrected chi connectivity index (χ1v) is 4.83. The Balaban J connectivity index is 2.81. The summed E-state index contributed by atoms with van der Waals surface area (Å²) in [5, 5.41) is 0.481. The van der Waals surface area contributed by atoms with Crippen LogP contribution in [0.2, 0.25) is 0 Å². The number of hydrogen-bond donors (Lipinski definition) is 1. The van der Waals surface area contributed by atoms with E-state index >= 15 is 0 Å². The summed E-state index contributed by atoms with van der Waals surface area (Å²) in [4.78, 5) is 13.9. The van der Waals surface area contributed by atoms with Crippen LogP contribution in [0.3, 0.4) is 0 Å². The zero-order chi connectivity index (χ0) is 9.42. The Morgan fingerprint density at radius 2 is 2.08 bits per heavy atom. The molecule has 0 saturated heterocycles. The summed E-state index contributed by atoms with van der Waals surface area (Å²) in [5.74, 6) is 0. The largest absolute Gasteiger partial charge is 0.350 e. The third-order valence-corrected chi connectivity index (χ3v) is 2.85. The van der Waals surface area contributed by atoms with Gasteiger partial charge >= 0.3 is 0 Å². The summed E-state index contributed by atoms with van der Waals surface area (Å²) in [6, 6.07) is 7.61. The predicted octanol–water partition coefficient (Wildman–Crippen LogP) is 3.31. The van der Waals surface area contributed by atoms with E-state index in [0.717, 1.165) is 15.4 Å². The van der Waals surface area contributed by atoms with Crippen molar-refractivity contribution in [1.82, 2.24) is 4.98 Å². The first kappa shape index (κ1) is 8.78. The summed E-state index contributed by atoms with van der Waals surface area (Å²) in [6.45, 7) is 0. The van der Waals surface area contributed by atoms with Gasteiger partial charge in [0.15, 0.2) is 0 Å². The Morgan fingerprint density at radius 3 is 2.69 bits per heavy atom. The molecule has 0 atom stereocenters. The van der Waals surface area contributed by atoms with Crippen LogP contribution in [0.25, 0.3) is 10.9 Å². The molecule has 0 amide bonds. The van der Waals surface area contributed by atoms with Crippen molar-refractivity contribution in [2.24, 2.45) is 0 Å². The van der Waals surface area contributed by atoms with E-state index in [1.165, 1.54) is 0 Å². The Bertz CT molecular complexity index is 477. The minimum absolute atomic E-state index is 0.405.